The highest BCUT2D eigenvalue weighted by Crippen LogP contribution is 2.33. The average Bonchev–Trinajstić information content (AvgIpc) is 3.08. The zero-order valence-corrected chi connectivity index (χ0v) is 13.8. The Kier molecular flexibility index (Phi) is 4.97. The van der Waals surface area contributed by atoms with Gasteiger partial charge in [0.2, 0.25) is 0 Å². The Bertz CT molecular complexity index is 621. The number of halogens is 1. The van der Waals surface area contributed by atoms with Crippen LogP contribution in [0.25, 0.3) is 0 Å². The van der Waals surface area contributed by atoms with E-state index in [9.17, 15) is 0 Å². The van der Waals surface area contributed by atoms with Gasteiger partial charge in [0.1, 0.15) is 18.1 Å². The van der Waals surface area contributed by atoms with Crippen LogP contribution in [0.4, 0.5) is 0 Å². The zero-order valence-electron chi connectivity index (χ0n) is 12.3. The summed E-state index contributed by atoms with van der Waals surface area (Å²) in [6.45, 7) is 1.69. The Labute approximate surface area is 138 Å². The summed E-state index contributed by atoms with van der Waals surface area (Å²) in [7, 11) is 1.65. The van der Waals surface area contributed by atoms with Gasteiger partial charge in [0.15, 0.2) is 6.29 Å². The van der Waals surface area contributed by atoms with Crippen LogP contribution in [0, 0.1) is 0 Å². The third kappa shape index (κ3) is 3.61. The second-order valence-corrected chi connectivity index (χ2v) is 5.81. The molecular weight excluding hydrogens is 348 g/mol. The zero-order chi connectivity index (χ0) is 15.4. The van der Waals surface area contributed by atoms with E-state index in [0.717, 1.165) is 27.1 Å². The smallest absolute Gasteiger partial charge is 0.187 e. The maximum Gasteiger partial charge on any atom is 0.187 e. The van der Waals surface area contributed by atoms with Crippen molar-refractivity contribution in [3.8, 4) is 11.5 Å². The summed E-state index contributed by atoms with van der Waals surface area (Å²) >= 11 is 3.47. The highest BCUT2D eigenvalue weighted by Gasteiger charge is 2.22. The number of benzene rings is 2. The first-order valence-corrected chi connectivity index (χ1v) is 7.84. The van der Waals surface area contributed by atoms with E-state index in [1.165, 1.54) is 0 Å². The molecule has 116 valence electrons. The number of methoxy groups -OCH3 is 1. The van der Waals surface area contributed by atoms with E-state index in [4.69, 9.17) is 18.9 Å². The van der Waals surface area contributed by atoms with Gasteiger partial charge in [0.25, 0.3) is 0 Å². The van der Waals surface area contributed by atoms with E-state index in [1.807, 2.05) is 42.5 Å². The molecule has 0 spiro atoms. The van der Waals surface area contributed by atoms with E-state index in [2.05, 4.69) is 15.9 Å². The summed E-state index contributed by atoms with van der Waals surface area (Å²) in [6, 6.07) is 13.7. The van der Waals surface area contributed by atoms with Gasteiger partial charge in [-0.2, -0.15) is 0 Å². The van der Waals surface area contributed by atoms with Crippen molar-refractivity contribution in [3.63, 3.8) is 0 Å². The molecule has 2 aromatic carbocycles. The van der Waals surface area contributed by atoms with Crippen molar-refractivity contribution >= 4 is 15.9 Å². The van der Waals surface area contributed by atoms with Crippen molar-refractivity contribution in [2.75, 3.05) is 20.3 Å². The largest absolute Gasteiger partial charge is 0.497 e. The van der Waals surface area contributed by atoms with Crippen LogP contribution < -0.4 is 9.47 Å². The predicted molar refractivity (Wildman–Crippen MR) is 86.1 cm³/mol. The van der Waals surface area contributed by atoms with E-state index in [0.29, 0.717) is 19.8 Å². The van der Waals surface area contributed by atoms with Crippen molar-refractivity contribution in [2.45, 2.75) is 12.9 Å². The SMILES string of the molecule is COc1ccc(COc2cc(Br)ccc2C2OCCO2)cc1. The Morgan fingerprint density at radius 2 is 1.82 bits per heavy atom. The lowest BCUT2D eigenvalue weighted by Gasteiger charge is -2.16. The van der Waals surface area contributed by atoms with Crippen LogP contribution in [0.15, 0.2) is 46.9 Å². The molecule has 3 rings (SSSR count). The maximum absolute atomic E-state index is 5.96. The summed E-state index contributed by atoms with van der Waals surface area (Å²) in [6.07, 6.45) is -0.348. The minimum atomic E-state index is -0.348. The molecule has 0 unspecified atom stereocenters. The van der Waals surface area contributed by atoms with Crippen LogP contribution in [0.3, 0.4) is 0 Å². The van der Waals surface area contributed by atoms with Gasteiger partial charge in [0.05, 0.1) is 20.3 Å². The van der Waals surface area contributed by atoms with Crippen LogP contribution in [-0.2, 0) is 16.1 Å². The van der Waals surface area contributed by atoms with E-state index in [-0.39, 0.29) is 6.29 Å². The van der Waals surface area contributed by atoms with Gasteiger partial charge >= 0.3 is 0 Å². The summed E-state index contributed by atoms with van der Waals surface area (Å²) in [5.41, 5.74) is 1.98. The van der Waals surface area contributed by atoms with Gasteiger partial charge in [-0.3, -0.25) is 0 Å². The first-order valence-electron chi connectivity index (χ1n) is 7.04. The number of hydrogen-bond acceptors (Lipinski definition) is 4. The Morgan fingerprint density at radius 3 is 2.50 bits per heavy atom. The molecule has 0 N–H and O–H groups in total. The minimum Gasteiger partial charge on any atom is -0.497 e. The fourth-order valence-corrected chi connectivity index (χ4v) is 2.59. The van der Waals surface area contributed by atoms with Gasteiger partial charge in [-0.05, 0) is 35.9 Å². The monoisotopic (exact) mass is 364 g/mol. The molecule has 4 nitrogen and oxygen atoms in total. The molecule has 2 aromatic rings. The van der Waals surface area contributed by atoms with Gasteiger partial charge in [-0.15, -0.1) is 0 Å². The van der Waals surface area contributed by atoms with E-state index >= 15 is 0 Å². The van der Waals surface area contributed by atoms with Gasteiger partial charge in [0, 0.05) is 10.0 Å². The topological polar surface area (TPSA) is 36.9 Å². The molecular formula is C17H17BrO4. The Hall–Kier alpha value is -1.56. The summed E-state index contributed by atoms with van der Waals surface area (Å²) in [4.78, 5) is 0. The van der Waals surface area contributed by atoms with Crippen LogP contribution in [0.2, 0.25) is 0 Å². The van der Waals surface area contributed by atoms with Gasteiger partial charge in [-0.1, -0.05) is 28.1 Å². The third-order valence-corrected chi connectivity index (χ3v) is 3.90. The number of ether oxygens (including phenoxy) is 4. The molecule has 0 bridgehead atoms. The first kappa shape index (κ1) is 15.3. The minimum absolute atomic E-state index is 0.348. The van der Waals surface area contributed by atoms with E-state index < -0.39 is 0 Å². The molecule has 0 aromatic heterocycles. The van der Waals surface area contributed by atoms with Crippen molar-refractivity contribution in [1.29, 1.82) is 0 Å². The predicted octanol–water partition coefficient (Wildman–Crippen LogP) is 4.08. The molecule has 0 atom stereocenters. The quantitative estimate of drug-likeness (QED) is 0.800. The second kappa shape index (κ2) is 7.13. The molecule has 1 fully saturated rings. The van der Waals surface area contributed by atoms with Crippen LogP contribution in [-0.4, -0.2) is 20.3 Å². The molecule has 0 radical (unpaired) electrons. The van der Waals surface area contributed by atoms with Crippen molar-refractivity contribution < 1.29 is 18.9 Å². The molecule has 0 aliphatic carbocycles. The lowest BCUT2D eigenvalue weighted by atomic mass is 10.2. The Morgan fingerprint density at radius 1 is 1.09 bits per heavy atom. The fraction of sp³-hybridized carbons (Fsp3) is 0.294. The summed E-state index contributed by atoms with van der Waals surface area (Å²) < 4.78 is 23.2. The second-order valence-electron chi connectivity index (χ2n) is 4.89. The molecule has 0 saturated carbocycles. The third-order valence-electron chi connectivity index (χ3n) is 3.40. The molecule has 1 saturated heterocycles. The lowest BCUT2D eigenvalue weighted by molar-refractivity contribution is -0.0458. The van der Waals surface area contributed by atoms with Crippen LogP contribution in [0.1, 0.15) is 17.4 Å². The first-order chi connectivity index (χ1) is 10.8. The number of hydrogen-bond donors (Lipinski definition) is 0. The lowest BCUT2D eigenvalue weighted by Crippen LogP contribution is -2.04. The molecule has 1 aliphatic heterocycles. The highest BCUT2D eigenvalue weighted by molar-refractivity contribution is 9.10. The summed E-state index contributed by atoms with van der Waals surface area (Å²) in [5, 5.41) is 0. The molecule has 1 aliphatic rings. The van der Waals surface area contributed by atoms with Crippen molar-refractivity contribution in [1.82, 2.24) is 0 Å². The van der Waals surface area contributed by atoms with Gasteiger partial charge in [-0.25, -0.2) is 0 Å². The number of rotatable bonds is 5. The Balaban J connectivity index is 1.74. The van der Waals surface area contributed by atoms with Crippen molar-refractivity contribution in [2.24, 2.45) is 0 Å². The van der Waals surface area contributed by atoms with Crippen LogP contribution in [0.5, 0.6) is 11.5 Å². The summed E-state index contributed by atoms with van der Waals surface area (Å²) in [5.74, 6) is 1.59. The standard InChI is InChI=1S/C17H17BrO4/c1-19-14-5-2-12(3-6-14)11-22-16-10-13(18)4-7-15(16)17-20-8-9-21-17/h2-7,10,17H,8-9,11H2,1H3. The highest BCUT2D eigenvalue weighted by atomic mass is 79.9. The fourth-order valence-electron chi connectivity index (χ4n) is 2.25. The molecule has 22 heavy (non-hydrogen) atoms. The normalized spacial score (nSPS) is 15.0. The molecule has 1 heterocycles. The van der Waals surface area contributed by atoms with Crippen molar-refractivity contribution in [3.05, 3.63) is 58.1 Å². The van der Waals surface area contributed by atoms with Crippen LogP contribution >= 0.6 is 15.9 Å². The molecule has 0 amide bonds. The molecule has 5 heteroatoms. The van der Waals surface area contributed by atoms with Gasteiger partial charge < -0.3 is 18.9 Å². The maximum atomic E-state index is 5.96. The average molecular weight is 365 g/mol. The van der Waals surface area contributed by atoms with E-state index in [1.54, 1.807) is 7.11 Å².